The fourth-order valence-electron chi connectivity index (χ4n) is 3.21. The summed E-state index contributed by atoms with van der Waals surface area (Å²) < 4.78 is 33.3. The monoisotopic (exact) mass is 408 g/mol. The molecule has 0 aliphatic heterocycles. The number of aryl methyl sites for hydroxylation is 1. The third-order valence-corrected chi connectivity index (χ3v) is 6.52. The van der Waals surface area contributed by atoms with Crippen LogP contribution in [-0.4, -0.2) is 18.9 Å². The minimum atomic E-state index is -3.71. The number of amides is 1. The van der Waals surface area contributed by atoms with Crippen LogP contribution < -0.4 is 5.32 Å². The highest BCUT2D eigenvalue weighted by Gasteiger charge is 2.23. The van der Waals surface area contributed by atoms with E-state index in [1.165, 1.54) is 6.20 Å². The second kappa shape index (κ2) is 7.60. The zero-order chi connectivity index (χ0) is 20.4. The van der Waals surface area contributed by atoms with Gasteiger partial charge < -0.3 is 14.3 Å². The van der Waals surface area contributed by atoms with Gasteiger partial charge in [-0.25, -0.2) is 8.42 Å². The van der Waals surface area contributed by atoms with Gasteiger partial charge in [0.05, 0.1) is 22.6 Å². The van der Waals surface area contributed by atoms with Crippen LogP contribution in [0.2, 0.25) is 0 Å². The van der Waals surface area contributed by atoms with Crippen molar-refractivity contribution in [1.29, 1.82) is 0 Å². The Morgan fingerprint density at radius 3 is 2.52 bits per heavy atom. The summed E-state index contributed by atoms with van der Waals surface area (Å²) in [5, 5.41) is 3.37. The molecule has 2 heterocycles. The van der Waals surface area contributed by atoms with E-state index < -0.39 is 9.84 Å². The van der Waals surface area contributed by atoms with Crippen molar-refractivity contribution >= 4 is 26.6 Å². The first-order valence-corrected chi connectivity index (χ1v) is 10.6. The van der Waals surface area contributed by atoms with Gasteiger partial charge in [-0.1, -0.05) is 35.9 Å². The molecular formula is C22H20N2O4S. The highest BCUT2D eigenvalue weighted by Crippen LogP contribution is 2.30. The van der Waals surface area contributed by atoms with Gasteiger partial charge in [-0.05, 0) is 37.3 Å². The molecule has 0 fully saturated rings. The summed E-state index contributed by atoms with van der Waals surface area (Å²) in [4.78, 5) is 12.8. The fourth-order valence-corrected chi connectivity index (χ4v) is 4.69. The Bertz CT molecular complexity index is 1250. The minimum Gasteiger partial charge on any atom is -0.467 e. The van der Waals surface area contributed by atoms with Gasteiger partial charge in [0.2, 0.25) is 15.7 Å². The average molecular weight is 408 g/mol. The van der Waals surface area contributed by atoms with Gasteiger partial charge in [0.15, 0.2) is 0 Å². The lowest BCUT2D eigenvalue weighted by Gasteiger charge is -2.06. The number of benzene rings is 2. The smallest absolute Gasteiger partial charge is 0.240 e. The van der Waals surface area contributed by atoms with E-state index in [1.54, 1.807) is 59.4 Å². The fraction of sp³-hybridized carbons (Fsp3) is 0.136. The molecule has 1 amide bonds. The molecule has 0 aliphatic rings. The number of hydrogen-bond acceptors (Lipinski definition) is 4. The SMILES string of the molecule is Cc1ccc(S(=O)(=O)c2cn(CC(=O)NCc3ccco3)c3ccccc23)cc1. The summed E-state index contributed by atoms with van der Waals surface area (Å²) in [6.45, 7) is 2.19. The number of para-hydroxylation sites is 1. The molecule has 148 valence electrons. The highest BCUT2D eigenvalue weighted by atomic mass is 32.2. The number of nitrogens with zero attached hydrogens (tertiary/aromatic N) is 1. The molecule has 2 aromatic carbocycles. The van der Waals surface area contributed by atoms with Crippen LogP contribution in [-0.2, 0) is 27.7 Å². The topological polar surface area (TPSA) is 81.3 Å². The number of fused-ring (bicyclic) bond motifs is 1. The number of sulfone groups is 1. The zero-order valence-corrected chi connectivity index (χ0v) is 16.6. The van der Waals surface area contributed by atoms with E-state index in [4.69, 9.17) is 4.42 Å². The number of aromatic nitrogens is 1. The first-order valence-electron chi connectivity index (χ1n) is 9.14. The largest absolute Gasteiger partial charge is 0.467 e. The van der Waals surface area contributed by atoms with Crippen LogP contribution in [0.1, 0.15) is 11.3 Å². The second-order valence-electron chi connectivity index (χ2n) is 6.81. The van der Waals surface area contributed by atoms with E-state index in [9.17, 15) is 13.2 Å². The number of carbonyl (C=O) groups excluding carboxylic acids is 1. The third kappa shape index (κ3) is 3.82. The molecule has 0 aliphatic carbocycles. The Balaban J connectivity index is 1.66. The van der Waals surface area contributed by atoms with E-state index in [-0.39, 0.29) is 28.8 Å². The Hall–Kier alpha value is -3.32. The van der Waals surface area contributed by atoms with Gasteiger partial charge in [-0.3, -0.25) is 4.79 Å². The molecule has 0 bridgehead atoms. The first-order chi connectivity index (χ1) is 13.9. The molecule has 2 aromatic heterocycles. The molecule has 0 unspecified atom stereocenters. The van der Waals surface area contributed by atoms with E-state index in [1.807, 2.05) is 19.1 Å². The zero-order valence-electron chi connectivity index (χ0n) is 15.8. The van der Waals surface area contributed by atoms with Crippen molar-refractivity contribution in [2.45, 2.75) is 29.8 Å². The van der Waals surface area contributed by atoms with Gasteiger partial charge in [-0.2, -0.15) is 0 Å². The van der Waals surface area contributed by atoms with Gasteiger partial charge >= 0.3 is 0 Å². The van der Waals surface area contributed by atoms with Crippen molar-refractivity contribution in [2.24, 2.45) is 0 Å². The standard InChI is InChI=1S/C22H20N2O4S/c1-16-8-10-18(11-9-16)29(26,27)21-14-24(20-7-3-2-6-19(20)21)15-22(25)23-13-17-5-4-12-28-17/h2-12,14H,13,15H2,1H3,(H,23,25). The van der Waals surface area contributed by atoms with E-state index in [2.05, 4.69) is 5.32 Å². The highest BCUT2D eigenvalue weighted by molar-refractivity contribution is 7.91. The summed E-state index contributed by atoms with van der Waals surface area (Å²) in [5.74, 6) is 0.416. The maximum absolute atomic E-state index is 13.2. The lowest BCUT2D eigenvalue weighted by Crippen LogP contribution is -2.26. The minimum absolute atomic E-state index is 0.00460. The molecule has 1 N–H and O–H groups in total. The Kier molecular flexibility index (Phi) is 4.98. The summed E-state index contributed by atoms with van der Waals surface area (Å²) >= 11 is 0. The second-order valence-corrected chi connectivity index (χ2v) is 8.73. The molecule has 0 radical (unpaired) electrons. The molecule has 0 saturated carbocycles. The lowest BCUT2D eigenvalue weighted by molar-refractivity contribution is -0.121. The Morgan fingerprint density at radius 1 is 1.03 bits per heavy atom. The maximum Gasteiger partial charge on any atom is 0.240 e. The van der Waals surface area contributed by atoms with Gasteiger partial charge in [0.1, 0.15) is 12.3 Å². The molecule has 6 nitrogen and oxygen atoms in total. The van der Waals surface area contributed by atoms with Crippen LogP contribution >= 0.6 is 0 Å². The number of rotatable bonds is 6. The van der Waals surface area contributed by atoms with Crippen LogP contribution in [0, 0.1) is 6.92 Å². The summed E-state index contributed by atoms with van der Waals surface area (Å²) in [6.07, 6.45) is 3.08. The quantitative estimate of drug-likeness (QED) is 0.528. The molecule has 0 atom stereocenters. The van der Waals surface area contributed by atoms with Crippen LogP contribution in [0.3, 0.4) is 0 Å². The van der Waals surface area contributed by atoms with Crippen LogP contribution in [0.4, 0.5) is 0 Å². The van der Waals surface area contributed by atoms with Crippen molar-refractivity contribution in [2.75, 3.05) is 0 Å². The van der Waals surface area contributed by atoms with E-state index >= 15 is 0 Å². The van der Waals surface area contributed by atoms with Gasteiger partial charge in [0, 0.05) is 17.1 Å². The average Bonchev–Trinajstić information content (AvgIpc) is 3.35. The molecule has 4 aromatic rings. The van der Waals surface area contributed by atoms with Crippen molar-refractivity contribution in [3.63, 3.8) is 0 Å². The summed E-state index contributed by atoms with van der Waals surface area (Å²) in [6, 6.07) is 17.5. The third-order valence-electron chi connectivity index (χ3n) is 4.73. The van der Waals surface area contributed by atoms with Crippen LogP contribution in [0.25, 0.3) is 10.9 Å². The van der Waals surface area contributed by atoms with Crippen LogP contribution in [0.5, 0.6) is 0 Å². The maximum atomic E-state index is 13.2. The first kappa shape index (κ1) is 19.0. The van der Waals surface area contributed by atoms with Gasteiger partial charge in [0.25, 0.3) is 0 Å². The number of carbonyl (C=O) groups is 1. The van der Waals surface area contributed by atoms with Gasteiger partial charge in [-0.15, -0.1) is 0 Å². The molecule has 4 rings (SSSR count). The van der Waals surface area contributed by atoms with E-state index in [0.29, 0.717) is 16.7 Å². The van der Waals surface area contributed by atoms with Crippen molar-refractivity contribution in [3.8, 4) is 0 Å². The Morgan fingerprint density at radius 2 is 1.79 bits per heavy atom. The van der Waals surface area contributed by atoms with Crippen molar-refractivity contribution < 1.29 is 17.6 Å². The number of furan rings is 1. The predicted octanol–water partition coefficient (Wildman–Crippen LogP) is 3.69. The van der Waals surface area contributed by atoms with Crippen molar-refractivity contribution in [1.82, 2.24) is 9.88 Å². The van der Waals surface area contributed by atoms with E-state index in [0.717, 1.165) is 5.56 Å². The van der Waals surface area contributed by atoms with Crippen LogP contribution in [0.15, 0.2) is 87.3 Å². The molecule has 0 saturated heterocycles. The lowest BCUT2D eigenvalue weighted by atomic mass is 10.2. The van der Waals surface area contributed by atoms with Crippen molar-refractivity contribution in [3.05, 3.63) is 84.4 Å². The molecule has 29 heavy (non-hydrogen) atoms. The molecule has 0 spiro atoms. The molecular weight excluding hydrogens is 388 g/mol. The Labute approximate surface area is 168 Å². The molecule has 7 heteroatoms. The predicted molar refractivity (Wildman–Crippen MR) is 109 cm³/mol. The summed E-state index contributed by atoms with van der Waals surface area (Å²) in [7, 11) is -3.71. The number of nitrogens with one attached hydrogen (secondary N) is 1. The summed E-state index contributed by atoms with van der Waals surface area (Å²) in [5.41, 5.74) is 1.67. The number of hydrogen-bond donors (Lipinski definition) is 1. The normalized spacial score (nSPS) is 11.6.